The van der Waals surface area contributed by atoms with Crippen molar-refractivity contribution in [3.63, 3.8) is 0 Å². The summed E-state index contributed by atoms with van der Waals surface area (Å²) < 4.78 is 19.2. The van der Waals surface area contributed by atoms with E-state index in [1.165, 1.54) is 11.1 Å². The molecule has 4 fully saturated rings. The minimum atomic E-state index is -0.560. The molecule has 7 nitrogen and oxygen atoms in total. The van der Waals surface area contributed by atoms with Gasteiger partial charge < -0.3 is 19.1 Å². The van der Waals surface area contributed by atoms with Crippen LogP contribution in [0.5, 0.6) is 11.5 Å². The Kier molecular flexibility index (Phi) is 3.74. The lowest BCUT2D eigenvalue weighted by Crippen LogP contribution is -2.82. The lowest BCUT2D eigenvalue weighted by molar-refractivity contribution is -0.283. The fourth-order valence-corrected chi connectivity index (χ4v) is 8.85. The number of fused-ring (bicyclic) bond motifs is 2. The van der Waals surface area contributed by atoms with Gasteiger partial charge in [0.1, 0.15) is 11.7 Å². The largest absolute Gasteiger partial charge is 0.493 e. The van der Waals surface area contributed by atoms with E-state index in [1.54, 1.807) is 7.11 Å². The van der Waals surface area contributed by atoms with Gasteiger partial charge in [0.05, 0.1) is 7.11 Å². The summed E-state index contributed by atoms with van der Waals surface area (Å²) in [5.74, 6) is 1.85. The number of hydrogen-bond acceptors (Lipinski definition) is 5. The Labute approximate surface area is 183 Å². The van der Waals surface area contributed by atoms with E-state index in [1.807, 2.05) is 7.11 Å². The van der Waals surface area contributed by atoms with Crippen LogP contribution in [-0.2, 0) is 16.6 Å². The van der Waals surface area contributed by atoms with Gasteiger partial charge in [0.25, 0.3) is 0 Å². The molecule has 0 amide bonds. The molecule has 7 heteroatoms. The maximum atomic E-state index is 9.35. The Morgan fingerprint density at radius 2 is 2.06 bits per heavy atom. The van der Waals surface area contributed by atoms with Crippen molar-refractivity contribution >= 4 is 0 Å². The Morgan fingerprint density at radius 1 is 1.26 bits per heavy atom. The minimum absolute atomic E-state index is 0.0706. The fraction of sp³-hybridized carbons (Fsp3) is 0.750. The molecule has 2 heterocycles. The second-order valence-electron chi connectivity index (χ2n) is 11.0. The van der Waals surface area contributed by atoms with Crippen LogP contribution in [0.3, 0.4) is 0 Å². The maximum Gasteiger partial charge on any atom is 0.165 e. The zero-order valence-corrected chi connectivity index (χ0v) is 19.1. The van der Waals surface area contributed by atoms with Crippen LogP contribution in [0.2, 0.25) is 0 Å². The molecule has 3 saturated carbocycles. The number of likely N-dealkylation sites (N-methyl/N-ethyl adjacent to an activating group) is 1. The van der Waals surface area contributed by atoms with Crippen molar-refractivity contribution in [3.8, 4) is 11.5 Å². The van der Waals surface area contributed by atoms with Crippen LogP contribution < -0.4 is 9.47 Å². The van der Waals surface area contributed by atoms with Crippen LogP contribution in [-0.4, -0.2) is 56.0 Å². The van der Waals surface area contributed by atoms with Crippen molar-refractivity contribution in [1.82, 2.24) is 4.90 Å². The van der Waals surface area contributed by atoms with E-state index in [-0.39, 0.29) is 22.9 Å². The number of rotatable bonds is 4. The molecule has 0 unspecified atom stereocenters. The third-order valence-electron chi connectivity index (χ3n) is 9.99. The SMILES string of the molecule is COc1ccc2c3c1O[C@H]1[C@@]4(OC)CC[C@@]5(C[C@@H]4C(C)(C)N=[N+]=[N-])[C@@H](C2)N(C)CC[C@]315. The summed E-state index contributed by atoms with van der Waals surface area (Å²) in [5, 5.41) is 4.29. The van der Waals surface area contributed by atoms with E-state index < -0.39 is 11.1 Å². The number of piperidine rings is 1. The molecule has 0 radical (unpaired) electrons. The normalized spacial score (nSPS) is 41.9. The summed E-state index contributed by atoms with van der Waals surface area (Å²) in [7, 11) is 5.84. The molecule has 166 valence electrons. The molecule has 1 aromatic rings. The monoisotopic (exact) mass is 424 g/mol. The van der Waals surface area contributed by atoms with Crippen LogP contribution in [0.15, 0.2) is 17.2 Å². The first-order valence-electron chi connectivity index (χ1n) is 11.5. The Bertz CT molecular complexity index is 1020. The summed E-state index contributed by atoms with van der Waals surface area (Å²) in [6.07, 6.45) is 5.06. The molecule has 1 saturated heterocycles. The molecule has 0 N–H and O–H groups in total. The summed E-state index contributed by atoms with van der Waals surface area (Å²) in [5.41, 5.74) is 11.1. The first kappa shape index (κ1) is 19.7. The highest BCUT2D eigenvalue weighted by Gasteiger charge is 2.81. The third kappa shape index (κ3) is 1.94. The highest BCUT2D eigenvalue weighted by molar-refractivity contribution is 5.63. The molecular weight excluding hydrogens is 392 g/mol. The van der Waals surface area contributed by atoms with Gasteiger partial charge in [-0.05, 0) is 62.9 Å². The first-order chi connectivity index (χ1) is 14.8. The number of azide groups is 1. The number of methoxy groups -OCH3 is 2. The number of hydrogen-bond donors (Lipinski definition) is 0. The molecule has 7 rings (SSSR count). The molecule has 2 aliphatic heterocycles. The standard InChI is InChI=1S/C24H32N4O3/c1-21(2,26-27-25)16-13-22-8-9-24(16,30-5)20-23(22)10-11-28(3)17(22)12-14-6-7-15(29-4)19(31-20)18(14)23/h6-7,16-17,20H,8-13H2,1-5H3/t16-,17-,20-,22-,23+,24-/m1/s1. The van der Waals surface area contributed by atoms with Crippen molar-refractivity contribution in [2.24, 2.45) is 16.4 Å². The Hall–Kier alpha value is -1.95. The third-order valence-corrected chi connectivity index (χ3v) is 9.99. The van der Waals surface area contributed by atoms with E-state index in [2.05, 4.69) is 48.0 Å². The van der Waals surface area contributed by atoms with E-state index in [9.17, 15) is 5.53 Å². The van der Waals surface area contributed by atoms with E-state index in [4.69, 9.17) is 14.2 Å². The molecule has 4 aliphatic carbocycles. The van der Waals surface area contributed by atoms with Gasteiger partial charge >= 0.3 is 0 Å². The topological polar surface area (TPSA) is 79.7 Å². The van der Waals surface area contributed by atoms with Crippen molar-refractivity contribution in [2.75, 3.05) is 27.8 Å². The fourth-order valence-electron chi connectivity index (χ4n) is 8.85. The molecule has 6 atom stereocenters. The molecule has 1 aromatic carbocycles. The van der Waals surface area contributed by atoms with Gasteiger partial charge in [-0.2, -0.15) is 0 Å². The van der Waals surface area contributed by atoms with E-state index >= 15 is 0 Å². The van der Waals surface area contributed by atoms with Gasteiger partial charge in [-0.3, -0.25) is 0 Å². The molecular formula is C24H32N4O3. The van der Waals surface area contributed by atoms with Crippen LogP contribution in [0.1, 0.15) is 50.7 Å². The van der Waals surface area contributed by atoms with Crippen molar-refractivity contribution in [1.29, 1.82) is 0 Å². The maximum absolute atomic E-state index is 9.35. The molecule has 4 bridgehead atoms. The molecule has 2 spiro atoms. The van der Waals surface area contributed by atoms with Crippen LogP contribution >= 0.6 is 0 Å². The first-order valence-corrected chi connectivity index (χ1v) is 11.5. The average molecular weight is 425 g/mol. The minimum Gasteiger partial charge on any atom is -0.493 e. The zero-order valence-electron chi connectivity index (χ0n) is 19.1. The second-order valence-corrected chi connectivity index (χ2v) is 11.0. The van der Waals surface area contributed by atoms with Crippen LogP contribution in [0, 0.1) is 11.3 Å². The summed E-state index contributed by atoms with van der Waals surface area (Å²) in [4.78, 5) is 5.81. The number of benzene rings is 1. The molecule has 0 aromatic heterocycles. The quantitative estimate of drug-likeness (QED) is 0.412. The van der Waals surface area contributed by atoms with Gasteiger partial charge in [-0.25, -0.2) is 0 Å². The van der Waals surface area contributed by atoms with E-state index in [0.717, 1.165) is 50.1 Å². The Morgan fingerprint density at radius 3 is 2.77 bits per heavy atom. The average Bonchev–Trinajstić information content (AvgIpc) is 3.13. The summed E-state index contributed by atoms with van der Waals surface area (Å²) in [6.45, 7) is 5.20. The highest BCUT2D eigenvalue weighted by Crippen LogP contribution is 2.77. The lowest BCUT2D eigenvalue weighted by atomic mass is 9.33. The molecule has 6 aliphatic rings. The zero-order chi connectivity index (χ0) is 21.8. The number of likely N-dealkylation sites (tertiary alicyclic amines) is 1. The lowest BCUT2D eigenvalue weighted by Gasteiger charge is -2.74. The van der Waals surface area contributed by atoms with Crippen molar-refractivity contribution < 1.29 is 14.2 Å². The van der Waals surface area contributed by atoms with Crippen molar-refractivity contribution in [2.45, 2.75) is 74.7 Å². The van der Waals surface area contributed by atoms with Crippen LogP contribution in [0.25, 0.3) is 10.4 Å². The summed E-state index contributed by atoms with van der Waals surface area (Å²) in [6, 6.07) is 4.78. The second kappa shape index (κ2) is 5.89. The van der Waals surface area contributed by atoms with Gasteiger partial charge in [0.15, 0.2) is 11.5 Å². The smallest absolute Gasteiger partial charge is 0.165 e. The van der Waals surface area contributed by atoms with Gasteiger partial charge in [-0.1, -0.05) is 25.0 Å². The van der Waals surface area contributed by atoms with Gasteiger partial charge in [0.2, 0.25) is 0 Å². The Balaban J connectivity index is 1.66. The predicted molar refractivity (Wildman–Crippen MR) is 117 cm³/mol. The van der Waals surface area contributed by atoms with Crippen LogP contribution in [0.4, 0.5) is 0 Å². The summed E-state index contributed by atoms with van der Waals surface area (Å²) >= 11 is 0. The van der Waals surface area contributed by atoms with Gasteiger partial charge in [-0.15, -0.1) is 0 Å². The molecule has 31 heavy (non-hydrogen) atoms. The highest BCUT2D eigenvalue weighted by atomic mass is 16.6. The van der Waals surface area contributed by atoms with E-state index in [0.29, 0.717) is 6.04 Å². The number of ether oxygens (including phenoxy) is 3. The number of nitrogens with zero attached hydrogens (tertiary/aromatic N) is 4. The van der Waals surface area contributed by atoms with Gasteiger partial charge in [0, 0.05) is 45.9 Å². The van der Waals surface area contributed by atoms with Crippen molar-refractivity contribution in [3.05, 3.63) is 33.7 Å². The predicted octanol–water partition coefficient (Wildman–Crippen LogP) is 4.23.